The molecule has 0 aliphatic heterocycles. The average molecular weight is 789 g/mol. The van der Waals surface area contributed by atoms with Crippen LogP contribution >= 0.6 is 46.1 Å². The Balaban J connectivity index is -0.0000000996. The van der Waals surface area contributed by atoms with Crippen LogP contribution in [0.15, 0.2) is 0 Å². The summed E-state index contributed by atoms with van der Waals surface area (Å²) < 4.78 is 84.3. The molecule has 0 aromatic heterocycles. The minimum absolute atomic E-state index is 0.0494. The number of rotatable bonds is 6. The minimum Gasteiger partial charge on any atom is -0.811 e. The molecule has 1 aliphatic rings. The summed E-state index contributed by atoms with van der Waals surface area (Å²) in [7, 11) is -22.9. The molecule has 0 spiro atoms. The molecule has 0 heterocycles. The second kappa shape index (κ2) is 23.3. The number of hydrogen-bond donors (Lipinski definition) is 2. The molecular formula is C13H29F2N2O22P6-13. The lowest BCUT2D eigenvalue weighted by Gasteiger charge is -2.36. The Kier molecular flexibility index (Phi) is 29.6. The summed E-state index contributed by atoms with van der Waals surface area (Å²) in [5.74, 6) is 0. The minimum atomic E-state index is -5.68. The van der Waals surface area contributed by atoms with Crippen LogP contribution in [0.4, 0.5) is 13.6 Å². The number of phosphoric acid groups is 1. The van der Waals surface area contributed by atoms with Gasteiger partial charge in [-0.2, -0.15) is 0 Å². The highest BCUT2D eigenvalue weighted by Crippen LogP contribution is 2.59. The zero-order chi connectivity index (χ0) is 38.7. The number of hydrogen-bond acceptors (Lipinski definition) is 21. The number of halogens is 2. The van der Waals surface area contributed by atoms with E-state index in [-0.39, 0.29) is 13.1 Å². The van der Waals surface area contributed by atoms with Gasteiger partial charge in [-0.25, -0.2) is 13.5 Å². The number of nitrogens with zero attached hydrogens (tertiary/aromatic N) is 1. The first-order chi connectivity index (χ1) is 19.1. The maximum atomic E-state index is 11.3. The molecule has 0 saturated heterocycles. The molecule has 1 aliphatic carbocycles. The van der Waals surface area contributed by atoms with Crippen LogP contribution in [0, 0.1) is 0 Å². The normalized spacial score (nSPS) is 15.3. The van der Waals surface area contributed by atoms with Crippen molar-refractivity contribution >= 4 is 52.3 Å². The van der Waals surface area contributed by atoms with E-state index < -0.39 is 63.1 Å². The number of carboxylic acid groups (broad SMARTS) is 2. The fraction of sp³-hybridized carbons (Fsp3) is 0.923. The van der Waals surface area contributed by atoms with Gasteiger partial charge in [-0.15, -0.1) is 0 Å². The predicted octanol–water partition coefficient (Wildman–Crippen LogP) is -9.06. The van der Waals surface area contributed by atoms with Gasteiger partial charge in [0, 0.05) is 21.6 Å². The van der Waals surface area contributed by atoms with Crippen molar-refractivity contribution in [2.75, 3.05) is 34.4 Å². The van der Waals surface area contributed by atoms with Crippen LogP contribution in [0.5, 0.6) is 0 Å². The molecule has 0 bridgehead atoms. The van der Waals surface area contributed by atoms with E-state index in [9.17, 15) is 90.0 Å². The average Bonchev–Trinajstić information content (AvgIpc) is 3.51. The van der Waals surface area contributed by atoms with Gasteiger partial charge in [0.25, 0.3) is 5.66 Å². The molecule has 0 amide bonds. The number of nitrogens with one attached hydrogen (secondary N) is 1. The van der Waals surface area contributed by atoms with E-state index in [1.165, 1.54) is 27.9 Å². The van der Waals surface area contributed by atoms with Gasteiger partial charge >= 0.3 is 0 Å². The first-order valence-electron chi connectivity index (χ1n) is 10.4. The van der Waals surface area contributed by atoms with Gasteiger partial charge in [0.1, 0.15) is 0 Å². The molecule has 24 nitrogen and oxygen atoms in total. The zero-order valence-corrected chi connectivity index (χ0v) is 29.4. The highest BCUT2D eigenvalue weighted by molar-refractivity contribution is 7.51. The third-order valence-electron chi connectivity index (χ3n) is 3.51. The van der Waals surface area contributed by atoms with E-state index in [4.69, 9.17) is 19.9 Å². The maximum absolute atomic E-state index is 11.3. The zero-order valence-electron chi connectivity index (χ0n) is 24.0. The Morgan fingerprint density at radius 3 is 1.07 bits per heavy atom. The smallest absolute Gasteiger partial charge is 0.269 e. The van der Waals surface area contributed by atoms with E-state index in [2.05, 4.69) is 4.52 Å². The molecule has 1 atom stereocenters. The van der Waals surface area contributed by atoms with Crippen LogP contribution in [-0.2, 0) is 31.9 Å². The summed E-state index contributed by atoms with van der Waals surface area (Å²) >= 11 is 0. The summed E-state index contributed by atoms with van der Waals surface area (Å²) in [6.07, 6.45) is -1.51. The molecular weight excluding hydrogens is 760 g/mol. The standard InChI is InChI=1S/C4H9O3P.C2H5F2O3P.C2H8NO3P.C2H7O3P.CH6NO3P.CH5O4P.CH2O3/c1-4(2-3-4)8(5,6)7;1-2(3,4)8(5,6)7;1-3(2)7(4,5)6;2*1-2-6(3,4)5;1-5-6(2,3)4;2-1(3)4/h2-3H2,1H3,(H2,5,6,7);1H3,(H2,5,6,7);1-2H3,(H2,4,5,6);2H2,1H3,(H2,3,4,5);1H3,(H3,2,3,4,5);1H3,(H2,2,3,4);(H2,2,3,4)/p-13. The van der Waals surface area contributed by atoms with Crippen LogP contribution in [0.25, 0.3) is 0 Å². The summed E-state index contributed by atoms with van der Waals surface area (Å²) in [6.45, 7) is 2.86. The lowest BCUT2D eigenvalue weighted by Crippen LogP contribution is -2.37. The van der Waals surface area contributed by atoms with E-state index in [1.54, 1.807) is 5.09 Å². The van der Waals surface area contributed by atoms with E-state index in [1.807, 2.05) is 0 Å². The number of phosphoric ester groups is 1. The summed E-state index contributed by atoms with van der Waals surface area (Å²) in [6, 6.07) is 0. The van der Waals surface area contributed by atoms with Crippen molar-refractivity contribution in [3.63, 3.8) is 0 Å². The molecule has 0 radical (unpaired) electrons. The maximum Gasteiger partial charge on any atom is 0.269 e. The third kappa shape index (κ3) is 53.7. The van der Waals surface area contributed by atoms with Crippen molar-refractivity contribution in [2.45, 2.75) is 44.4 Å². The van der Waals surface area contributed by atoms with Crippen molar-refractivity contribution in [1.29, 1.82) is 0 Å². The van der Waals surface area contributed by atoms with Crippen LogP contribution in [0.1, 0.15) is 33.6 Å². The molecule has 1 saturated carbocycles. The van der Waals surface area contributed by atoms with Crippen molar-refractivity contribution in [3.8, 4) is 0 Å². The van der Waals surface area contributed by atoms with E-state index in [0.717, 1.165) is 18.8 Å². The van der Waals surface area contributed by atoms with E-state index >= 15 is 0 Å². The molecule has 1 fully saturated rings. The van der Waals surface area contributed by atoms with Crippen molar-refractivity contribution in [2.24, 2.45) is 0 Å². The second-order valence-corrected chi connectivity index (χ2v) is 17.9. The van der Waals surface area contributed by atoms with Gasteiger partial charge in [-0.3, -0.25) is 9.65 Å². The van der Waals surface area contributed by atoms with Gasteiger partial charge < -0.3 is 101 Å². The van der Waals surface area contributed by atoms with Crippen LogP contribution in [0.3, 0.4) is 0 Å². The van der Waals surface area contributed by atoms with Crippen LogP contribution in [0.2, 0.25) is 0 Å². The van der Waals surface area contributed by atoms with Crippen LogP contribution < -0.4 is 69.1 Å². The molecule has 1 unspecified atom stereocenters. The van der Waals surface area contributed by atoms with Crippen LogP contribution in [-0.4, -0.2) is 61.0 Å². The summed E-state index contributed by atoms with van der Waals surface area (Å²) in [5, 5.41) is 17.3. The Morgan fingerprint density at radius 2 is 1.07 bits per heavy atom. The van der Waals surface area contributed by atoms with Crippen molar-refractivity contribution in [3.05, 3.63) is 0 Å². The lowest BCUT2D eigenvalue weighted by atomic mass is 10.5. The van der Waals surface area contributed by atoms with Gasteiger partial charge in [0.05, 0.1) is 7.82 Å². The largest absolute Gasteiger partial charge is 0.811 e. The lowest BCUT2D eigenvalue weighted by molar-refractivity contribution is -0.415. The Morgan fingerprint density at radius 1 is 0.889 bits per heavy atom. The molecule has 45 heavy (non-hydrogen) atoms. The monoisotopic (exact) mass is 789 g/mol. The van der Waals surface area contributed by atoms with E-state index in [0.29, 0.717) is 12.8 Å². The third-order valence-corrected chi connectivity index (χ3v) is 9.02. The number of carbonyl (C=O) groups excluding carboxylic acids is 1. The van der Waals surface area contributed by atoms with Gasteiger partial charge in [0.2, 0.25) is 7.75 Å². The molecule has 280 valence electrons. The summed E-state index contributed by atoms with van der Waals surface area (Å²) in [5.41, 5.74) is -4.12. The molecule has 0 aromatic rings. The van der Waals surface area contributed by atoms with Gasteiger partial charge in [0.15, 0.2) is 0 Å². The molecule has 1 rings (SSSR count). The topological polar surface area (TPSA) is 464 Å². The second-order valence-electron chi connectivity index (χ2n) is 7.70. The van der Waals surface area contributed by atoms with Crippen molar-refractivity contribution in [1.82, 2.24) is 9.76 Å². The van der Waals surface area contributed by atoms with Crippen molar-refractivity contribution < 1.29 is 114 Å². The number of alkyl halides is 2. The first kappa shape index (κ1) is 57.2. The molecule has 0 aromatic carbocycles. The molecule has 32 heteroatoms. The van der Waals surface area contributed by atoms with Gasteiger partial charge in [-0.1, -0.05) is 29.0 Å². The SMILES string of the molecule is CC(F)(F)P(=O)([O-])[O-].CC1(P(=O)([O-])[O-])CC1.CCP(=O)([O-])[O-].CN(C)P(=O)([O-])O.CNP(=O)([O-])[O-].COP(=O)([O-])[O-].O=C([O-])[O-]. The highest BCUT2D eigenvalue weighted by Gasteiger charge is 2.40. The number of carbonyl (C=O) groups is 1. The predicted molar refractivity (Wildman–Crippen MR) is 122 cm³/mol. The first-order valence-corrected chi connectivity index (χ1v) is 19.7. The Labute approximate surface area is 255 Å². The Bertz CT molecular complexity index is 1010. The highest BCUT2D eigenvalue weighted by atomic mass is 31.2. The van der Waals surface area contributed by atoms with Gasteiger partial charge in [-0.05, 0) is 59.2 Å². The fourth-order valence-electron chi connectivity index (χ4n) is 0.455. The molecule has 2 N–H and O–H groups in total. The quantitative estimate of drug-likeness (QED) is 0.236. The Hall–Kier alpha value is -0.0900. The summed E-state index contributed by atoms with van der Waals surface area (Å²) in [4.78, 5) is 121. The fourth-order valence-corrected chi connectivity index (χ4v) is 1.11.